The van der Waals surface area contributed by atoms with Crippen LogP contribution >= 0.6 is 22.9 Å². The minimum atomic E-state index is 0.129. The second-order valence-electron chi connectivity index (χ2n) is 4.88. The van der Waals surface area contributed by atoms with E-state index in [1.165, 1.54) is 4.88 Å². The van der Waals surface area contributed by atoms with Gasteiger partial charge >= 0.3 is 0 Å². The summed E-state index contributed by atoms with van der Waals surface area (Å²) < 4.78 is 0.832. The Morgan fingerprint density at radius 2 is 2.19 bits per heavy atom. The zero-order valence-electron chi connectivity index (χ0n) is 10.1. The van der Waals surface area contributed by atoms with Crippen LogP contribution in [0.4, 0.5) is 0 Å². The Balaban J connectivity index is 2.43. The first-order valence-corrected chi connectivity index (χ1v) is 6.73. The van der Waals surface area contributed by atoms with Crippen LogP contribution in [0.25, 0.3) is 0 Å². The van der Waals surface area contributed by atoms with Crippen LogP contribution in [-0.2, 0) is 0 Å². The van der Waals surface area contributed by atoms with Crippen LogP contribution in [0.1, 0.15) is 38.1 Å². The Morgan fingerprint density at radius 1 is 1.50 bits per heavy atom. The number of halogens is 1. The molecule has 16 heavy (non-hydrogen) atoms. The SMILES string of the molecule is CC(NCC(C)(C)CCO)c1ccc(Cl)s1. The van der Waals surface area contributed by atoms with Gasteiger partial charge in [0, 0.05) is 24.1 Å². The van der Waals surface area contributed by atoms with Crippen molar-refractivity contribution in [3.8, 4) is 0 Å². The summed E-state index contributed by atoms with van der Waals surface area (Å²) >= 11 is 7.52. The fourth-order valence-electron chi connectivity index (χ4n) is 1.48. The Kier molecular flexibility index (Phi) is 5.25. The molecule has 1 rings (SSSR count). The van der Waals surface area contributed by atoms with Gasteiger partial charge in [-0.2, -0.15) is 0 Å². The van der Waals surface area contributed by atoms with Gasteiger partial charge in [-0.3, -0.25) is 0 Å². The number of nitrogens with one attached hydrogen (secondary N) is 1. The van der Waals surface area contributed by atoms with E-state index in [4.69, 9.17) is 16.7 Å². The van der Waals surface area contributed by atoms with E-state index < -0.39 is 0 Å². The normalized spacial score (nSPS) is 14.1. The van der Waals surface area contributed by atoms with Gasteiger partial charge in [-0.1, -0.05) is 25.4 Å². The molecule has 0 spiro atoms. The van der Waals surface area contributed by atoms with Crippen molar-refractivity contribution in [2.75, 3.05) is 13.2 Å². The largest absolute Gasteiger partial charge is 0.396 e. The molecule has 1 atom stereocenters. The average molecular weight is 262 g/mol. The lowest BCUT2D eigenvalue weighted by Crippen LogP contribution is -2.31. The predicted molar refractivity (Wildman–Crippen MR) is 71.2 cm³/mol. The molecule has 0 bridgehead atoms. The molecule has 1 aromatic heterocycles. The molecule has 1 aromatic rings. The molecule has 92 valence electrons. The van der Waals surface area contributed by atoms with Gasteiger partial charge in [0.15, 0.2) is 0 Å². The maximum Gasteiger partial charge on any atom is 0.0931 e. The number of rotatable bonds is 6. The smallest absolute Gasteiger partial charge is 0.0931 e. The second-order valence-corrected chi connectivity index (χ2v) is 6.63. The number of aliphatic hydroxyl groups excluding tert-OH is 1. The summed E-state index contributed by atoms with van der Waals surface area (Å²) in [7, 11) is 0. The van der Waals surface area contributed by atoms with Crippen molar-refractivity contribution in [3.63, 3.8) is 0 Å². The molecule has 2 nitrogen and oxygen atoms in total. The molecule has 0 saturated heterocycles. The van der Waals surface area contributed by atoms with E-state index in [0.29, 0.717) is 6.04 Å². The van der Waals surface area contributed by atoms with Crippen molar-refractivity contribution in [1.82, 2.24) is 5.32 Å². The first-order valence-electron chi connectivity index (χ1n) is 5.54. The second kappa shape index (κ2) is 6.01. The lowest BCUT2D eigenvalue weighted by atomic mass is 9.89. The summed E-state index contributed by atoms with van der Waals surface area (Å²) in [6, 6.07) is 4.30. The maximum absolute atomic E-state index is 8.94. The van der Waals surface area contributed by atoms with Crippen molar-refractivity contribution < 1.29 is 5.11 Å². The lowest BCUT2D eigenvalue weighted by molar-refractivity contribution is 0.204. The van der Waals surface area contributed by atoms with E-state index >= 15 is 0 Å². The third-order valence-corrected chi connectivity index (χ3v) is 4.11. The van der Waals surface area contributed by atoms with Crippen LogP contribution in [0.2, 0.25) is 4.34 Å². The highest BCUT2D eigenvalue weighted by molar-refractivity contribution is 7.16. The monoisotopic (exact) mass is 261 g/mol. The quantitative estimate of drug-likeness (QED) is 0.822. The molecule has 0 saturated carbocycles. The fraction of sp³-hybridized carbons (Fsp3) is 0.667. The van der Waals surface area contributed by atoms with E-state index in [9.17, 15) is 0 Å². The molecular weight excluding hydrogens is 242 g/mol. The first kappa shape index (κ1) is 14.0. The van der Waals surface area contributed by atoms with Crippen molar-refractivity contribution in [3.05, 3.63) is 21.3 Å². The molecule has 0 radical (unpaired) electrons. The number of hydrogen-bond donors (Lipinski definition) is 2. The molecule has 0 aliphatic heterocycles. The van der Waals surface area contributed by atoms with Crippen LogP contribution in [0, 0.1) is 5.41 Å². The molecule has 0 aliphatic carbocycles. The van der Waals surface area contributed by atoms with E-state index in [1.807, 2.05) is 6.07 Å². The summed E-state index contributed by atoms with van der Waals surface area (Å²) in [5, 5.41) is 12.4. The zero-order chi connectivity index (χ0) is 12.2. The van der Waals surface area contributed by atoms with Crippen LogP contribution in [0.15, 0.2) is 12.1 Å². The third-order valence-electron chi connectivity index (χ3n) is 2.70. The van der Waals surface area contributed by atoms with Gasteiger partial charge in [0.05, 0.1) is 4.34 Å². The minimum absolute atomic E-state index is 0.129. The van der Waals surface area contributed by atoms with E-state index in [2.05, 4.69) is 32.2 Å². The first-order chi connectivity index (χ1) is 7.44. The number of hydrogen-bond acceptors (Lipinski definition) is 3. The molecule has 1 heterocycles. The number of thiophene rings is 1. The highest BCUT2D eigenvalue weighted by Crippen LogP contribution is 2.27. The summed E-state index contributed by atoms with van der Waals surface area (Å²) in [6.07, 6.45) is 0.817. The van der Waals surface area contributed by atoms with E-state index in [-0.39, 0.29) is 12.0 Å². The molecule has 0 amide bonds. The van der Waals surface area contributed by atoms with Crippen molar-refractivity contribution >= 4 is 22.9 Å². The van der Waals surface area contributed by atoms with Crippen molar-refractivity contribution in [2.24, 2.45) is 5.41 Å². The topological polar surface area (TPSA) is 32.3 Å². The van der Waals surface area contributed by atoms with Crippen LogP contribution in [-0.4, -0.2) is 18.3 Å². The Morgan fingerprint density at radius 3 is 2.69 bits per heavy atom. The van der Waals surface area contributed by atoms with Crippen molar-refractivity contribution in [1.29, 1.82) is 0 Å². The maximum atomic E-state index is 8.94. The fourth-order valence-corrected chi connectivity index (χ4v) is 2.57. The molecule has 2 N–H and O–H groups in total. The highest BCUT2D eigenvalue weighted by Gasteiger charge is 2.18. The van der Waals surface area contributed by atoms with Gasteiger partial charge < -0.3 is 10.4 Å². The van der Waals surface area contributed by atoms with Gasteiger partial charge in [0.2, 0.25) is 0 Å². The standard InChI is InChI=1S/C12H20ClNOS/c1-9(10-4-5-11(13)16-10)14-8-12(2,3)6-7-15/h4-5,9,14-15H,6-8H2,1-3H3. The highest BCUT2D eigenvalue weighted by atomic mass is 35.5. The average Bonchev–Trinajstić information content (AvgIpc) is 2.61. The molecule has 0 fully saturated rings. The molecule has 0 aromatic carbocycles. The van der Waals surface area contributed by atoms with Crippen molar-refractivity contribution in [2.45, 2.75) is 33.2 Å². The number of aliphatic hydroxyl groups is 1. The van der Waals surface area contributed by atoms with Crippen LogP contribution in [0.5, 0.6) is 0 Å². The predicted octanol–water partition coefficient (Wildman–Crippen LogP) is 3.46. The van der Waals surface area contributed by atoms with Crippen LogP contribution < -0.4 is 5.32 Å². The Labute approximate surface area is 107 Å². The molecule has 1 unspecified atom stereocenters. The minimum Gasteiger partial charge on any atom is -0.396 e. The van der Waals surface area contributed by atoms with Crippen LogP contribution in [0.3, 0.4) is 0 Å². The lowest BCUT2D eigenvalue weighted by Gasteiger charge is -2.26. The van der Waals surface area contributed by atoms with Gasteiger partial charge in [0.25, 0.3) is 0 Å². The molecule has 4 heteroatoms. The summed E-state index contributed by atoms with van der Waals surface area (Å²) in [4.78, 5) is 1.25. The van der Waals surface area contributed by atoms with Gasteiger partial charge in [-0.15, -0.1) is 11.3 Å². The van der Waals surface area contributed by atoms with E-state index in [1.54, 1.807) is 11.3 Å². The van der Waals surface area contributed by atoms with E-state index in [0.717, 1.165) is 17.3 Å². The third kappa shape index (κ3) is 4.42. The molecule has 0 aliphatic rings. The summed E-state index contributed by atoms with van der Waals surface area (Å²) in [6.45, 7) is 7.59. The zero-order valence-corrected chi connectivity index (χ0v) is 11.7. The Bertz CT molecular complexity index is 325. The molecular formula is C12H20ClNOS. The summed E-state index contributed by atoms with van der Waals surface area (Å²) in [5.74, 6) is 0. The van der Waals surface area contributed by atoms with Gasteiger partial charge in [0.1, 0.15) is 0 Å². The van der Waals surface area contributed by atoms with Gasteiger partial charge in [-0.25, -0.2) is 0 Å². The Hall–Kier alpha value is -0.0900. The summed E-state index contributed by atoms with van der Waals surface area (Å²) in [5.41, 5.74) is 0.129. The van der Waals surface area contributed by atoms with Gasteiger partial charge in [-0.05, 0) is 30.9 Å².